The van der Waals surface area contributed by atoms with Crippen molar-refractivity contribution in [2.45, 2.75) is 25.2 Å². The van der Waals surface area contributed by atoms with E-state index in [0.29, 0.717) is 0 Å². The molecule has 0 spiro atoms. The number of methoxy groups -OCH3 is 1. The fraction of sp³-hybridized carbons (Fsp3) is 0.250. The number of carbonyl (C=O) groups is 1. The minimum atomic E-state index is -0.257. The van der Waals surface area contributed by atoms with E-state index >= 15 is 0 Å². The molecule has 0 N–H and O–H groups in total. The Hall–Kier alpha value is -2.35. The Morgan fingerprint density at radius 3 is 2.68 bits per heavy atom. The number of Topliss-reactive ketones (excluding diaryl/α,β-unsaturated/α-hetero) is 1. The molecule has 0 unspecified atom stereocenters. The summed E-state index contributed by atoms with van der Waals surface area (Å²) in [5.41, 5.74) is 5.20. The summed E-state index contributed by atoms with van der Waals surface area (Å²) in [6.45, 7) is 4.32. The number of carbonyl (C=O) groups excluding carboxylic acids is 1. The summed E-state index contributed by atoms with van der Waals surface area (Å²) in [5, 5.41) is 0. The lowest BCUT2D eigenvalue weighted by molar-refractivity contribution is 0.0952. The SMILES string of the molecule is COc1ccc2c(c1)C(=O)[C@H]1c3ccccc3C=C(C)[C@@]21C. The van der Waals surface area contributed by atoms with Crippen molar-refractivity contribution >= 4 is 11.9 Å². The molecule has 0 aliphatic heterocycles. The van der Waals surface area contributed by atoms with Crippen LogP contribution in [-0.2, 0) is 5.41 Å². The van der Waals surface area contributed by atoms with E-state index in [1.54, 1.807) is 7.11 Å². The summed E-state index contributed by atoms with van der Waals surface area (Å²) in [7, 11) is 1.64. The van der Waals surface area contributed by atoms with E-state index < -0.39 is 0 Å². The Morgan fingerprint density at radius 2 is 1.91 bits per heavy atom. The average molecular weight is 290 g/mol. The quantitative estimate of drug-likeness (QED) is 0.780. The van der Waals surface area contributed by atoms with Crippen molar-refractivity contribution in [2.24, 2.45) is 0 Å². The lowest BCUT2D eigenvalue weighted by Gasteiger charge is -2.37. The van der Waals surface area contributed by atoms with Gasteiger partial charge in [0.15, 0.2) is 5.78 Å². The number of fused-ring (bicyclic) bond motifs is 5. The second-order valence-corrected chi connectivity index (χ2v) is 6.37. The van der Waals surface area contributed by atoms with Crippen molar-refractivity contribution in [2.75, 3.05) is 7.11 Å². The van der Waals surface area contributed by atoms with Gasteiger partial charge in [0.25, 0.3) is 0 Å². The maximum atomic E-state index is 13.1. The van der Waals surface area contributed by atoms with Crippen LogP contribution < -0.4 is 4.74 Å². The first-order valence-electron chi connectivity index (χ1n) is 7.58. The van der Waals surface area contributed by atoms with Crippen LogP contribution >= 0.6 is 0 Å². The molecule has 2 nitrogen and oxygen atoms in total. The summed E-state index contributed by atoms with van der Waals surface area (Å²) >= 11 is 0. The van der Waals surface area contributed by atoms with Crippen molar-refractivity contribution in [1.29, 1.82) is 0 Å². The maximum Gasteiger partial charge on any atom is 0.171 e. The van der Waals surface area contributed by atoms with Gasteiger partial charge < -0.3 is 4.74 Å². The van der Waals surface area contributed by atoms with Gasteiger partial charge >= 0.3 is 0 Å². The summed E-state index contributed by atoms with van der Waals surface area (Å²) < 4.78 is 5.30. The van der Waals surface area contributed by atoms with Gasteiger partial charge in [-0.2, -0.15) is 0 Å². The fourth-order valence-electron chi connectivity index (χ4n) is 4.06. The van der Waals surface area contributed by atoms with E-state index in [4.69, 9.17) is 4.74 Å². The van der Waals surface area contributed by atoms with Gasteiger partial charge in [-0.3, -0.25) is 4.79 Å². The topological polar surface area (TPSA) is 26.3 Å². The molecule has 2 aromatic rings. The summed E-state index contributed by atoms with van der Waals surface area (Å²) in [6, 6.07) is 14.1. The molecule has 0 radical (unpaired) electrons. The molecule has 0 saturated carbocycles. The molecule has 2 aliphatic carbocycles. The molecule has 22 heavy (non-hydrogen) atoms. The first-order chi connectivity index (χ1) is 10.6. The smallest absolute Gasteiger partial charge is 0.171 e. The zero-order chi connectivity index (χ0) is 15.5. The van der Waals surface area contributed by atoms with Crippen molar-refractivity contribution in [3.05, 3.63) is 70.3 Å². The molecule has 2 aliphatic rings. The van der Waals surface area contributed by atoms with Crippen LogP contribution in [0.3, 0.4) is 0 Å². The number of hydrogen-bond donors (Lipinski definition) is 0. The van der Waals surface area contributed by atoms with E-state index in [1.807, 2.05) is 24.3 Å². The molecule has 110 valence electrons. The summed E-state index contributed by atoms with van der Waals surface area (Å²) in [6.07, 6.45) is 2.22. The molecule has 2 heteroatoms. The largest absolute Gasteiger partial charge is 0.497 e. The predicted octanol–water partition coefficient (Wildman–Crippen LogP) is 4.35. The standard InChI is InChI=1S/C20H18O2/c1-12-10-13-6-4-5-7-15(13)18-19(21)16-11-14(22-3)8-9-17(16)20(12,18)2/h4-11,18H,1-3H3/t18-,20+/m1/s1. The third-order valence-corrected chi connectivity index (χ3v) is 5.39. The van der Waals surface area contributed by atoms with Gasteiger partial charge in [-0.05, 0) is 35.7 Å². The summed E-state index contributed by atoms with van der Waals surface area (Å²) in [5.74, 6) is 0.816. The lowest BCUT2D eigenvalue weighted by atomic mass is 9.64. The third-order valence-electron chi connectivity index (χ3n) is 5.39. The minimum absolute atomic E-state index is 0.129. The first-order valence-corrected chi connectivity index (χ1v) is 7.58. The second-order valence-electron chi connectivity index (χ2n) is 6.37. The van der Waals surface area contributed by atoms with E-state index in [-0.39, 0.29) is 17.1 Å². The highest BCUT2D eigenvalue weighted by molar-refractivity contribution is 6.09. The molecule has 0 fully saturated rings. The summed E-state index contributed by atoms with van der Waals surface area (Å²) in [4.78, 5) is 13.1. The molecule has 2 aromatic carbocycles. The van der Waals surface area contributed by atoms with Gasteiger partial charge in [0.1, 0.15) is 5.75 Å². The van der Waals surface area contributed by atoms with E-state index in [1.165, 1.54) is 5.57 Å². The van der Waals surface area contributed by atoms with Gasteiger partial charge in [-0.25, -0.2) is 0 Å². The van der Waals surface area contributed by atoms with Gasteiger partial charge in [0.05, 0.1) is 13.0 Å². The van der Waals surface area contributed by atoms with E-state index in [9.17, 15) is 4.79 Å². The Balaban J connectivity index is 2.02. The number of rotatable bonds is 1. The normalized spacial score (nSPS) is 25.1. The molecule has 4 rings (SSSR count). The van der Waals surface area contributed by atoms with Crippen LogP contribution in [0.5, 0.6) is 5.75 Å². The van der Waals surface area contributed by atoms with Gasteiger partial charge in [-0.15, -0.1) is 0 Å². The fourth-order valence-corrected chi connectivity index (χ4v) is 4.06. The molecule has 0 aromatic heterocycles. The molecule has 0 amide bonds. The van der Waals surface area contributed by atoms with Crippen molar-refractivity contribution in [3.8, 4) is 5.75 Å². The van der Waals surface area contributed by atoms with Crippen LogP contribution in [0.15, 0.2) is 48.0 Å². The average Bonchev–Trinajstić information content (AvgIpc) is 2.77. The van der Waals surface area contributed by atoms with Crippen LogP contribution in [0.1, 0.15) is 46.8 Å². The Labute approximate surface area is 130 Å². The molecule has 2 atom stereocenters. The number of ketones is 1. The first kappa shape index (κ1) is 13.3. The van der Waals surface area contributed by atoms with Crippen LogP contribution in [0.25, 0.3) is 6.08 Å². The van der Waals surface area contributed by atoms with Crippen molar-refractivity contribution < 1.29 is 9.53 Å². The van der Waals surface area contributed by atoms with Crippen LogP contribution in [0.4, 0.5) is 0 Å². The van der Waals surface area contributed by atoms with E-state index in [0.717, 1.165) is 28.0 Å². The third kappa shape index (κ3) is 1.47. The highest BCUT2D eigenvalue weighted by atomic mass is 16.5. The van der Waals surface area contributed by atoms with Crippen molar-refractivity contribution in [3.63, 3.8) is 0 Å². The van der Waals surface area contributed by atoms with E-state index in [2.05, 4.69) is 38.1 Å². The number of benzene rings is 2. The number of allylic oxidation sites excluding steroid dienone is 1. The molecule has 0 saturated heterocycles. The highest BCUT2D eigenvalue weighted by Crippen LogP contribution is 2.56. The highest BCUT2D eigenvalue weighted by Gasteiger charge is 2.52. The zero-order valence-electron chi connectivity index (χ0n) is 13.0. The van der Waals surface area contributed by atoms with Crippen molar-refractivity contribution in [1.82, 2.24) is 0 Å². The number of hydrogen-bond acceptors (Lipinski definition) is 2. The van der Waals surface area contributed by atoms with Gasteiger partial charge in [0, 0.05) is 11.0 Å². The monoisotopic (exact) mass is 290 g/mol. The Morgan fingerprint density at radius 1 is 1.14 bits per heavy atom. The van der Waals surface area contributed by atoms with Crippen LogP contribution in [-0.4, -0.2) is 12.9 Å². The van der Waals surface area contributed by atoms with Crippen LogP contribution in [0, 0.1) is 0 Å². The Kier molecular flexibility index (Phi) is 2.62. The van der Waals surface area contributed by atoms with Crippen LogP contribution in [0.2, 0.25) is 0 Å². The Bertz CT molecular complexity index is 831. The molecular formula is C20H18O2. The predicted molar refractivity (Wildman–Crippen MR) is 87.5 cm³/mol. The van der Waals surface area contributed by atoms with Gasteiger partial charge in [0.2, 0.25) is 0 Å². The molecule has 0 bridgehead atoms. The minimum Gasteiger partial charge on any atom is -0.497 e. The maximum absolute atomic E-state index is 13.1. The molecular weight excluding hydrogens is 272 g/mol. The molecule has 0 heterocycles. The number of ether oxygens (including phenoxy) is 1. The van der Waals surface area contributed by atoms with Gasteiger partial charge in [-0.1, -0.05) is 48.9 Å². The second kappa shape index (κ2) is 4.33. The lowest BCUT2D eigenvalue weighted by Crippen LogP contribution is -2.32. The zero-order valence-corrected chi connectivity index (χ0v) is 13.0.